The Bertz CT molecular complexity index is 1250. The van der Waals surface area contributed by atoms with Crippen molar-refractivity contribution >= 4 is 32.7 Å². The van der Waals surface area contributed by atoms with E-state index in [0.29, 0.717) is 43.7 Å². The van der Waals surface area contributed by atoms with Crippen molar-refractivity contribution in [3.8, 4) is 0 Å². The van der Waals surface area contributed by atoms with E-state index in [1.165, 1.54) is 10.4 Å². The molecule has 1 aliphatic heterocycles. The molecule has 2 aromatic carbocycles. The van der Waals surface area contributed by atoms with Crippen LogP contribution in [0.1, 0.15) is 24.0 Å². The number of nitrogens with one attached hydrogen (secondary N) is 1. The molecule has 1 aliphatic rings. The van der Waals surface area contributed by atoms with Crippen molar-refractivity contribution in [1.82, 2.24) is 19.3 Å². The van der Waals surface area contributed by atoms with Gasteiger partial charge in [0.1, 0.15) is 11.6 Å². The predicted molar refractivity (Wildman–Crippen MR) is 121 cm³/mol. The zero-order valence-electron chi connectivity index (χ0n) is 18.4. The highest BCUT2D eigenvalue weighted by atomic mass is 32.2. The number of rotatable bonds is 7. The van der Waals surface area contributed by atoms with Gasteiger partial charge in [0, 0.05) is 19.3 Å². The molecule has 1 aromatic heterocycles. The fourth-order valence-electron chi connectivity index (χ4n) is 3.98. The van der Waals surface area contributed by atoms with Crippen LogP contribution < -0.4 is 5.32 Å². The standard InChI is InChI=1S/C22H27N5O4S/c1-15-6-4-7-18(16(15)2)23-22(28)21-8-5-11-27(21)32(29,30)17-9-10-20-19(14-17)24-25-26(20)12-13-31-3/h4,6-7,9-10,14,21H,5,8,11-13H2,1-3H3,(H,23,28). The fourth-order valence-corrected chi connectivity index (χ4v) is 5.66. The van der Waals surface area contributed by atoms with Gasteiger partial charge < -0.3 is 10.1 Å². The molecule has 0 aliphatic carbocycles. The van der Waals surface area contributed by atoms with Gasteiger partial charge in [-0.1, -0.05) is 17.3 Å². The van der Waals surface area contributed by atoms with Crippen molar-refractivity contribution in [3.63, 3.8) is 0 Å². The van der Waals surface area contributed by atoms with E-state index >= 15 is 0 Å². The quantitative estimate of drug-likeness (QED) is 0.584. The van der Waals surface area contributed by atoms with Gasteiger partial charge in [-0.3, -0.25) is 4.79 Å². The van der Waals surface area contributed by atoms with E-state index in [-0.39, 0.29) is 10.8 Å². The van der Waals surface area contributed by atoms with Crippen LogP contribution in [0.3, 0.4) is 0 Å². The second-order valence-electron chi connectivity index (χ2n) is 7.97. The van der Waals surface area contributed by atoms with Gasteiger partial charge in [0.2, 0.25) is 15.9 Å². The molecule has 10 heteroatoms. The lowest BCUT2D eigenvalue weighted by molar-refractivity contribution is -0.119. The number of carbonyl (C=O) groups is 1. The van der Waals surface area contributed by atoms with E-state index < -0.39 is 16.1 Å². The molecule has 1 saturated heterocycles. The van der Waals surface area contributed by atoms with Crippen LogP contribution in [-0.4, -0.2) is 59.9 Å². The average Bonchev–Trinajstić information content (AvgIpc) is 3.43. The second-order valence-corrected chi connectivity index (χ2v) is 9.86. The van der Waals surface area contributed by atoms with Crippen LogP contribution in [0.2, 0.25) is 0 Å². The van der Waals surface area contributed by atoms with Gasteiger partial charge in [0.05, 0.1) is 23.6 Å². The molecular formula is C22H27N5O4S. The third kappa shape index (κ3) is 4.13. The van der Waals surface area contributed by atoms with Crippen LogP contribution in [0.15, 0.2) is 41.3 Å². The fraction of sp³-hybridized carbons (Fsp3) is 0.409. The molecule has 3 aromatic rings. The topological polar surface area (TPSA) is 106 Å². The summed E-state index contributed by atoms with van der Waals surface area (Å²) in [5, 5.41) is 11.1. The Labute approximate surface area is 187 Å². The largest absolute Gasteiger partial charge is 0.383 e. The molecule has 0 saturated carbocycles. The maximum absolute atomic E-state index is 13.4. The van der Waals surface area contributed by atoms with Gasteiger partial charge in [0.25, 0.3) is 0 Å². The minimum atomic E-state index is -3.87. The third-order valence-electron chi connectivity index (χ3n) is 5.97. The molecule has 2 heterocycles. The Hall–Kier alpha value is -2.82. The average molecular weight is 458 g/mol. The summed E-state index contributed by atoms with van der Waals surface area (Å²) >= 11 is 0. The van der Waals surface area contributed by atoms with Crippen molar-refractivity contribution in [3.05, 3.63) is 47.5 Å². The number of sulfonamides is 1. The number of anilines is 1. The van der Waals surface area contributed by atoms with Gasteiger partial charge in [-0.2, -0.15) is 4.31 Å². The van der Waals surface area contributed by atoms with Crippen LogP contribution in [0.25, 0.3) is 11.0 Å². The SMILES string of the molecule is COCCn1nnc2cc(S(=O)(=O)N3CCCC3C(=O)Nc3cccc(C)c3C)ccc21. The normalized spacial score (nSPS) is 17.2. The number of nitrogens with zero attached hydrogens (tertiary/aromatic N) is 4. The Morgan fingerprint density at radius 2 is 2.06 bits per heavy atom. The molecule has 1 atom stereocenters. The molecule has 1 unspecified atom stereocenters. The summed E-state index contributed by atoms with van der Waals surface area (Å²) in [7, 11) is -2.27. The van der Waals surface area contributed by atoms with Crippen molar-refractivity contribution in [2.45, 2.75) is 44.2 Å². The van der Waals surface area contributed by atoms with Crippen molar-refractivity contribution < 1.29 is 17.9 Å². The van der Waals surface area contributed by atoms with Crippen LogP contribution in [-0.2, 0) is 26.1 Å². The van der Waals surface area contributed by atoms with Gasteiger partial charge in [0.15, 0.2) is 0 Å². The maximum atomic E-state index is 13.4. The van der Waals surface area contributed by atoms with Gasteiger partial charge >= 0.3 is 0 Å². The highest BCUT2D eigenvalue weighted by molar-refractivity contribution is 7.89. The summed E-state index contributed by atoms with van der Waals surface area (Å²) in [6.45, 7) is 5.20. The van der Waals surface area contributed by atoms with E-state index in [1.807, 2.05) is 32.0 Å². The molecule has 0 bridgehead atoms. The Morgan fingerprint density at radius 3 is 2.84 bits per heavy atom. The Morgan fingerprint density at radius 1 is 1.25 bits per heavy atom. The number of fused-ring (bicyclic) bond motifs is 1. The Kier molecular flexibility index (Phi) is 6.27. The van der Waals surface area contributed by atoms with E-state index in [9.17, 15) is 13.2 Å². The lowest BCUT2D eigenvalue weighted by atomic mass is 10.1. The van der Waals surface area contributed by atoms with Crippen molar-refractivity contribution in [1.29, 1.82) is 0 Å². The number of amides is 1. The molecule has 1 N–H and O–H groups in total. The summed E-state index contributed by atoms with van der Waals surface area (Å²) in [4.78, 5) is 13.1. The minimum absolute atomic E-state index is 0.107. The van der Waals surface area contributed by atoms with E-state index in [4.69, 9.17) is 4.74 Å². The van der Waals surface area contributed by atoms with Crippen LogP contribution in [0.4, 0.5) is 5.69 Å². The van der Waals surface area contributed by atoms with Gasteiger partial charge in [-0.25, -0.2) is 13.1 Å². The number of benzene rings is 2. The highest BCUT2D eigenvalue weighted by Crippen LogP contribution is 2.29. The number of hydrogen-bond acceptors (Lipinski definition) is 6. The summed E-state index contributed by atoms with van der Waals surface area (Å²) in [5.74, 6) is -0.314. The number of ether oxygens (including phenoxy) is 1. The molecule has 0 radical (unpaired) electrons. The molecular weight excluding hydrogens is 430 g/mol. The van der Waals surface area contributed by atoms with Crippen molar-refractivity contribution in [2.24, 2.45) is 0 Å². The number of methoxy groups -OCH3 is 1. The molecule has 9 nitrogen and oxygen atoms in total. The predicted octanol–water partition coefficient (Wildman–Crippen LogP) is 2.49. The second kappa shape index (κ2) is 8.97. The zero-order valence-corrected chi connectivity index (χ0v) is 19.2. The first-order valence-corrected chi connectivity index (χ1v) is 12.0. The number of aryl methyl sites for hydroxylation is 1. The summed E-state index contributed by atoms with van der Waals surface area (Å²) in [5.41, 5.74) is 3.94. The van der Waals surface area contributed by atoms with Crippen molar-refractivity contribution in [2.75, 3.05) is 25.6 Å². The monoisotopic (exact) mass is 457 g/mol. The number of carbonyl (C=O) groups excluding carboxylic acids is 1. The van der Waals surface area contributed by atoms with Crippen LogP contribution in [0.5, 0.6) is 0 Å². The lowest BCUT2D eigenvalue weighted by Crippen LogP contribution is -2.43. The van der Waals surface area contributed by atoms with Gasteiger partial charge in [-0.05, 0) is 62.1 Å². The smallest absolute Gasteiger partial charge is 0.243 e. The van der Waals surface area contributed by atoms with E-state index in [1.54, 1.807) is 23.9 Å². The van der Waals surface area contributed by atoms with Crippen LogP contribution >= 0.6 is 0 Å². The lowest BCUT2D eigenvalue weighted by Gasteiger charge is -2.24. The first-order chi connectivity index (χ1) is 15.3. The molecule has 0 spiro atoms. The third-order valence-corrected chi connectivity index (χ3v) is 7.87. The van der Waals surface area contributed by atoms with Gasteiger partial charge in [-0.15, -0.1) is 5.10 Å². The summed E-state index contributed by atoms with van der Waals surface area (Å²) < 4.78 is 34.9. The zero-order chi connectivity index (χ0) is 22.9. The van der Waals surface area contributed by atoms with E-state index in [2.05, 4.69) is 15.6 Å². The summed E-state index contributed by atoms with van der Waals surface area (Å²) in [6, 6.07) is 9.66. The maximum Gasteiger partial charge on any atom is 0.243 e. The highest BCUT2D eigenvalue weighted by Gasteiger charge is 2.39. The number of aromatic nitrogens is 3. The molecule has 1 fully saturated rings. The first kappa shape index (κ1) is 22.4. The molecule has 4 rings (SSSR count). The summed E-state index contributed by atoms with van der Waals surface area (Å²) in [6.07, 6.45) is 1.10. The number of hydrogen-bond donors (Lipinski definition) is 1. The first-order valence-electron chi connectivity index (χ1n) is 10.5. The molecule has 170 valence electrons. The Balaban J connectivity index is 1.58. The molecule has 32 heavy (non-hydrogen) atoms. The minimum Gasteiger partial charge on any atom is -0.383 e. The molecule has 1 amide bonds. The van der Waals surface area contributed by atoms with Crippen LogP contribution in [0, 0.1) is 13.8 Å². The van der Waals surface area contributed by atoms with E-state index in [0.717, 1.165) is 16.6 Å².